The third-order valence-corrected chi connectivity index (χ3v) is 3.79. The zero-order valence-corrected chi connectivity index (χ0v) is 11.6. The number of hydrogen-bond donors (Lipinski definition) is 1. The van der Waals surface area contributed by atoms with Gasteiger partial charge >= 0.3 is 0 Å². The molecule has 3 heteroatoms. The summed E-state index contributed by atoms with van der Waals surface area (Å²) in [6.45, 7) is 1.24. The van der Waals surface area contributed by atoms with Gasteiger partial charge in [-0.05, 0) is 37.3 Å². The standard InChI is InChI=1S/C17H19N3/c18-11-5-8-14-6-1-2-7-15(14)12-20-13-19-16-9-3-4-10-17(16)20/h1-2,6-7,13H,3-4,9-12,18H2. The molecule has 1 aliphatic rings. The third kappa shape index (κ3) is 2.61. The van der Waals surface area contributed by atoms with Crippen molar-refractivity contribution in [2.24, 2.45) is 5.73 Å². The second-order valence-electron chi connectivity index (χ2n) is 5.14. The fraction of sp³-hybridized carbons (Fsp3) is 0.353. The number of benzene rings is 1. The molecule has 0 radical (unpaired) electrons. The molecule has 1 aromatic heterocycles. The van der Waals surface area contributed by atoms with Gasteiger partial charge in [-0.2, -0.15) is 0 Å². The predicted molar refractivity (Wildman–Crippen MR) is 80.3 cm³/mol. The van der Waals surface area contributed by atoms with E-state index >= 15 is 0 Å². The molecule has 0 bridgehead atoms. The molecular formula is C17H19N3. The first-order valence-corrected chi connectivity index (χ1v) is 7.18. The Morgan fingerprint density at radius 3 is 2.95 bits per heavy atom. The molecule has 3 rings (SSSR count). The molecule has 1 aliphatic carbocycles. The van der Waals surface area contributed by atoms with Crippen molar-refractivity contribution in [1.82, 2.24) is 9.55 Å². The quantitative estimate of drug-likeness (QED) is 0.845. The van der Waals surface area contributed by atoms with E-state index in [1.165, 1.54) is 29.8 Å². The lowest BCUT2D eigenvalue weighted by Gasteiger charge is -2.14. The van der Waals surface area contributed by atoms with E-state index in [1.807, 2.05) is 12.4 Å². The Morgan fingerprint density at radius 2 is 2.05 bits per heavy atom. The molecule has 20 heavy (non-hydrogen) atoms. The number of imidazole rings is 1. The summed E-state index contributed by atoms with van der Waals surface area (Å²) in [7, 11) is 0. The maximum Gasteiger partial charge on any atom is 0.0954 e. The predicted octanol–water partition coefficient (Wildman–Crippen LogP) is 2.12. The number of nitrogens with zero attached hydrogens (tertiary/aromatic N) is 2. The monoisotopic (exact) mass is 265 g/mol. The minimum absolute atomic E-state index is 0.398. The van der Waals surface area contributed by atoms with Gasteiger partial charge in [-0.25, -0.2) is 4.98 Å². The van der Waals surface area contributed by atoms with E-state index in [2.05, 4.69) is 39.6 Å². The summed E-state index contributed by atoms with van der Waals surface area (Å²) in [4.78, 5) is 4.55. The first kappa shape index (κ1) is 13.0. The van der Waals surface area contributed by atoms with Gasteiger partial charge in [0.2, 0.25) is 0 Å². The highest BCUT2D eigenvalue weighted by atomic mass is 15.1. The van der Waals surface area contributed by atoms with Crippen LogP contribution in [0.3, 0.4) is 0 Å². The summed E-state index contributed by atoms with van der Waals surface area (Å²) < 4.78 is 2.28. The summed E-state index contributed by atoms with van der Waals surface area (Å²) in [5, 5.41) is 0. The molecule has 0 unspecified atom stereocenters. The van der Waals surface area contributed by atoms with Crippen molar-refractivity contribution in [1.29, 1.82) is 0 Å². The molecule has 0 aliphatic heterocycles. The fourth-order valence-corrected chi connectivity index (χ4v) is 2.78. The summed E-state index contributed by atoms with van der Waals surface area (Å²) >= 11 is 0. The van der Waals surface area contributed by atoms with Gasteiger partial charge in [-0.15, -0.1) is 0 Å². The number of hydrogen-bond acceptors (Lipinski definition) is 2. The summed E-state index contributed by atoms with van der Waals surface area (Å²) in [6, 6.07) is 8.27. The summed E-state index contributed by atoms with van der Waals surface area (Å²) in [6.07, 6.45) is 6.78. The highest BCUT2D eigenvalue weighted by Gasteiger charge is 2.15. The van der Waals surface area contributed by atoms with Crippen LogP contribution >= 0.6 is 0 Å². The van der Waals surface area contributed by atoms with E-state index in [0.29, 0.717) is 6.54 Å². The average Bonchev–Trinajstić information content (AvgIpc) is 2.90. The molecule has 0 spiro atoms. The Morgan fingerprint density at radius 1 is 1.20 bits per heavy atom. The lowest BCUT2D eigenvalue weighted by Crippen LogP contribution is -2.09. The summed E-state index contributed by atoms with van der Waals surface area (Å²) in [5.74, 6) is 6.10. The number of aromatic nitrogens is 2. The van der Waals surface area contributed by atoms with Crippen LogP contribution in [0.25, 0.3) is 0 Å². The lowest BCUT2D eigenvalue weighted by atomic mass is 10.0. The highest BCUT2D eigenvalue weighted by molar-refractivity contribution is 5.41. The average molecular weight is 265 g/mol. The van der Waals surface area contributed by atoms with Gasteiger partial charge in [0.1, 0.15) is 0 Å². The van der Waals surface area contributed by atoms with Crippen LogP contribution in [-0.2, 0) is 19.4 Å². The Hall–Kier alpha value is -2.05. The first-order valence-electron chi connectivity index (χ1n) is 7.18. The Bertz CT molecular complexity index is 658. The molecule has 0 atom stereocenters. The molecule has 1 aromatic carbocycles. The van der Waals surface area contributed by atoms with Gasteiger partial charge in [-0.3, -0.25) is 0 Å². The maximum absolute atomic E-state index is 5.46. The largest absolute Gasteiger partial charge is 0.330 e. The Kier molecular flexibility index (Phi) is 3.85. The van der Waals surface area contributed by atoms with Crippen molar-refractivity contribution >= 4 is 0 Å². The molecule has 102 valence electrons. The Balaban J connectivity index is 1.90. The van der Waals surface area contributed by atoms with Crippen molar-refractivity contribution in [2.45, 2.75) is 32.2 Å². The maximum atomic E-state index is 5.46. The molecule has 1 heterocycles. The van der Waals surface area contributed by atoms with Crippen LogP contribution in [0.1, 0.15) is 35.4 Å². The van der Waals surface area contributed by atoms with Crippen LogP contribution in [0.15, 0.2) is 30.6 Å². The van der Waals surface area contributed by atoms with Crippen molar-refractivity contribution in [3.05, 3.63) is 53.1 Å². The molecule has 0 fully saturated rings. The van der Waals surface area contributed by atoms with E-state index < -0.39 is 0 Å². The van der Waals surface area contributed by atoms with E-state index in [9.17, 15) is 0 Å². The van der Waals surface area contributed by atoms with Crippen LogP contribution in [0.4, 0.5) is 0 Å². The van der Waals surface area contributed by atoms with Crippen LogP contribution < -0.4 is 5.73 Å². The van der Waals surface area contributed by atoms with Crippen molar-refractivity contribution in [2.75, 3.05) is 6.54 Å². The minimum Gasteiger partial charge on any atom is -0.330 e. The van der Waals surface area contributed by atoms with Gasteiger partial charge in [0.05, 0.1) is 18.6 Å². The second kappa shape index (κ2) is 5.94. The van der Waals surface area contributed by atoms with Crippen LogP contribution in [-0.4, -0.2) is 16.1 Å². The molecule has 3 nitrogen and oxygen atoms in total. The number of aryl methyl sites for hydroxylation is 1. The first-order chi connectivity index (χ1) is 9.88. The molecular weight excluding hydrogens is 246 g/mol. The van der Waals surface area contributed by atoms with Gasteiger partial charge in [0.25, 0.3) is 0 Å². The number of fused-ring (bicyclic) bond motifs is 1. The van der Waals surface area contributed by atoms with Crippen molar-refractivity contribution in [3.63, 3.8) is 0 Å². The smallest absolute Gasteiger partial charge is 0.0954 e. The highest BCUT2D eigenvalue weighted by Crippen LogP contribution is 2.21. The fourth-order valence-electron chi connectivity index (χ4n) is 2.78. The Labute approximate surface area is 119 Å². The molecule has 2 aromatic rings. The van der Waals surface area contributed by atoms with E-state index in [-0.39, 0.29) is 0 Å². The zero-order valence-electron chi connectivity index (χ0n) is 11.6. The summed E-state index contributed by atoms with van der Waals surface area (Å²) in [5.41, 5.74) is 10.4. The van der Waals surface area contributed by atoms with Gasteiger partial charge in [0.15, 0.2) is 0 Å². The topological polar surface area (TPSA) is 43.8 Å². The van der Waals surface area contributed by atoms with Gasteiger partial charge in [0, 0.05) is 17.8 Å². The van der Waals surface area contributed by atoms with Gasteiger partial charge in [-0.1, -0.05) is 30.0 Å². The molecule has 0 saturated heterocycles. The lowest BCUT2D eigenvalue weighted by molar-refractivity contribution is 0.628. The second-order valence-corrected chi connectivity index (χ2v) is 5.14. The number of nitrogens with two attached hydrogens (primary N) is 1. The van der Waals surface area contributed by atoms with Crippen molar-refractivity contribution < 1.29 is 0 Å². The van der Waals surface area contributed by atoms with Crippen molar-refractivity contribution in [3.8, 4) is 11.8 Å². The SMILES string of the molecule is NCC#Cc1ccccc1Cn1cnc2c1CCCC2. The number of rotatable bonds is 2. The molecule has 0 saturated carbocycles. The van der Waals surface area contributed by atoms with E-state index in [4.69, 9.17) is 5.73 Å². The molecule has 0 amide bonds. The zero-order chi connectivity index (χ0) is 13.8. The normalized spacial score (nSPS) is 13.4. The van der Waals surface area contributed by atoms with Crippen LogP contribution in [0.2, 0.25) is 0 Å². The van der Waals surface area contributed by atoms with E-state index in [1.54, 1.807) is 0 Å². The van der Waals surface area contributed by atoms with Crippen LogP contribution in [0.5, 0.6) is 0 Å². The molecule has 2 N–H and O–H groups in total. The minimum atomic E-state index is 0.398. The van der Waals surface area contributed by atoms with Crippen LogP contribution in [0, 0.1) is 11.8 Å². The van der Waals surface area contributed by atoms with E-state index in [0.717, 1.165) is 24.9 Å². The van der Waals surface area contributed by atoms with Gasteiger partial charge < -0.3 is 10.3 Å². The third-order valence-electron chi connectivity index (χ3n) is 3.79.